The molecule has 1 aliphatic rings. The Morgan fingerprint density at radius 2 is 1.86 bits per heavy atom. The minimum absolute atomic E-state index is 0.124. The van der Waals surface area contributed by atoms with Crippen molar-refractivity contribution in [1.29, 1.82) is 0 Å². The van der Waals surface area contributed by atoms with Crippen LogP contribution in [0.2, 0.25) is 5.02 Å². The fourth-order valence-electron chi connectivity index (χ4n) is 2.68. The number of nitrogens with zero attached hydrogens (tertiary/aromatic N) is 6. The third-order valence-electron chi connectivity index (χ3n) is 4.19. The van der Waals surface area contributed by atoms with E-state index >= 15 is 0 Å². The van der Waals surface area contributed by atoms with Crippen molar-refractivity contribution in [3.63, 3.8) is 0 Å². The summed E-state index contributed by atoms with van der Waals surface area (Å²) in [6.07, 6.45) is -2.88. The number of hydrogen-bond donors (Lipinski definition) is 1. The maximum absolute atomic E-state index is 12.7. The number of nitro groups is 1. The molecule has 150 valence electrons. The molecule has 0 atom stereocenters. The van der Waals surface area contributed by atoms with Crippen LogP contribution in [0.5, 0.6) is 0 Å². The Balaban J connectivity index is 1.94. The zero-order chi connectivity index (χ0) is 20.5. The summed E-state index contributed by atoms with van der Waals surface area (Å²) >= 11 is 5.87. The molecule has 2 aromatic rings. The third-order valence-corrected chi connectivity index (χ3v) is 4.48. The second-order valence-corrected chi connectivity index (χ2v) is 6.53. The molecule has 0 bridgehead atoms. The molecule has 1 aliphatic heterocycles. The van der Waals surface area contributed by atoms with E-state index in [1.807, 2.05) is 7.05 Å². The molecule has 9 nitrogen and oxygen atoms in total. The maximum atomic E-state index is 12.7. The molecular formula is C15H15ClF3N7O2. The second-order valence-electron chi connectivity index (χ2n) is 6.12. The molecule has 0 aliphatic carbocycles. The van der Waals surface area contributed by atoms with Gasteiger partial charge in [-0.05, 0) is 13.1 Å². The van der Waals surface area contributed by atoms with E-state index in [1.54, 1.807) is 4.90 Å². The number of piperazine rings is 1. The molecule has 0 unspecified atom stereocenters. The van der Waals surface area contributed by atoms with Crippen LogP contribution in [0.4, 0.5) is 36.3 Å². The number of aromatic nitrogens is 3. The van der Waals surface area contributed by atoms with Gasteiger partial charge < -0.3 is 15.1 Å². The first-order chi connectivity index (χ1) is 13.2. The first-order valence-electron chi connectivity index (χ1n) is 8.09. The van der Waals surface area contributed by atoms with E-state index in [0.29, 0.717) is 38.4 Å². The predicted octanol–water partition coefficient (Wildman–Crippen LogP) is 2.95. The monoisotopic (exact) mass is 417 g/mol. The van der Waals surface area contributed by atoms with Crippen LogP contribution in [0.15, 0.2) is 18.6 Å². The molecule has 1 fully saturated rings. The molecule has 0 aromatic carbocycles. The van der Waals surface area contributed by atoms with Gasteiger partial charge in [-0.25, -0.2) is 15.0 Å². The highest BCUT2D eigenvalue weighted by atomic mass is 35.5. The number of nitrogens with one attached hydrogen (secondary N) is 1. The van der Waals surface area contributed by atoms with E-state index in [4.69, 9.17) is 11.6 Å². The van der Waals surface area contributed by atoms with Crippen molar-refractivity contribution < 1.29 is 18.1 Å². The quantitative estimate of drug-likeness (QED) is 0.598. The van der Waals surface area contributed by atoms with Gasteiger partial charge in [-0.3, -0.25) is 10.1 Å². The minimum atomic E-state index is -4.61. The van der Waals surface area contributed by atoms with Gasteiger partial charge >= 0.3 is 11.9 Å². The predicted molar refractivity (Wildman–Crippen MR) is 95.9 cm³/mol. The molecule has 3 heterocycles. The zero-order valence-electron chi connectivity index (χ0n) is 14.6. The smallest absolute Gasteiger partial charge is 0.348 e. The summed E-state index contributed by atoms with van der Waals surface area (Å²) in [5.74, 6) is -0.262. The highest BCUT2D eigenvalue weighted by Crippen LogP contribution is 2.36. The lowest BCUT2D eigenvalue weighted by molar-refractivity contribution is -0.383. The van der Waals surface area contributed by atoms with Crippen LogP contribution in [0.1, 0.15) is 5.56 Å². The summed E-state index contributed by atoms with van der Waals surface area (Å²) in [6, 6.07) is 0.686. The molecule has 13 heteroatoms. The first-order valence-corrected chi connectivity index (χ1v) is 8.47. The molecular weight excluding hydrogens is 403 g/mol. The standard InChI is InChI=1S/C15H15ClF3N7O2/c1-24-2-4-25(5-3-24)14-11(26(27)28)13(21-8-22-14)23-12-10(16)6-9(7-20-12)15(17,18)19/h6-8H,2-5H2,1H3,(H,20,21,22,23). The summed E-state index contributed by atoms with van der Waals surface area (Å²) in [5, 5.41) is 13.9. The van der Waals surface area contributed by atoms with Gasteiger partial charge in [0.05, 0.1) is 15.5 Å². The molecule has 0 radical (unpaired) electrons. The highest BCUT2D eigenvalue weighted by molar-refractivity contribution is 6.33. The van der Waals surface area contributed by atoms with Crippen LogP contribution in [-0.2, 0) is 6.18 Å². The molecule has 2 aromatic heterocycles. The van der Waals surface area contributed by atoms with Gasteiger partial charge in [0.1, 0.15) is 6.33 Å². The lowest BCUT2D eigenvalue weighted by Gasteiger charge is -2.32. The van der Waals surface area contributed by atoms with Crippen LogP contribution in [0.25, 0.3) is 0 Å². The summed E-state index contributed by atoms with van der Waals surface area (Å²) in [5.41, 5.74) is -1.43. The normalized spacial score (nSPS) is 15.5. The molecule has 1 N–H and O–H groups in total. The van der Waals surface area contributed by atoms with Crippen LogP contribution in [0.3, 0.4) is 0 Å². The Bertz CT molecular complexity index is 888. The summed E-state index contributed by atoms with van der Waals surface area (Å²) < 4.78 is 38.2. The molecule has 0 spiro atoms. The van der Waals surface area contributed by atoms with Crippen molar-refractivity contribution in [3.8, 4) is 0 Å². The topological polar surface area (TPSA) is 100 Å². The first kappa shape index (κ1) is 20.0. The number of likely N-dealkylation sites (N-methyl/N-ethyl adjacent to an activating group) is 1. The van der Waals surface area contributed by atoms with Crippen molar-refractivity contribution in [2.45, 2.75) is 6.18 Å². The van der Waals surface area contributed by atoms with Crippen LogP contribution in [0, 0.1) is 10.1 Å². The molecule has 0 amide bonds. The Morgan fingerprint density at radius 3 is 2.43 bits per heavy atom. The van der Waals surface area contributed by atoms with E-state index in [1.165, 1.54) is 0 Å². The Kier molecular flexibility index (Phi) is 5.52. The van der Waals surface area contributed by atoms with Crippen LogP contribution in [-0.4, -0.2) is 58.0 Å². The molecule has 1 saturated heterocycles. The Hall–Kier alpha value is -2.73. The number of hydrogen-bond acceptors (Lipinski definition) is 8. The zero-order valence-corrected chi connectivity index (χ0v) is 15.3. The van der Waals surface area contributed by atoms with Gasteiger partial charge in [0, 0.05) is 32.4 Å². The molecule has 0 saturated carbocycles. The average Bonchev–Trinajstić information content (AvgIpc) is 2.62. The summed E-state index contributed by atoms with van der Waals surface area (Å²) in [4.78, 5) is 26.4. The minimum Gasteiger partial charge on any atom is -0.348 e. The number of pyridine rings is 1. The van der Waals surface area contributed by atoms with Gasteiger partial charge in [-0.15, -0.1) is 0 Å². The lowest BCUT2D eigenvalue weighted by Crippen LogP contribution is -2.45. The Morgan fingerprint density at radius 1 is 1.18 bits per heavy atom. The number of anilines is 3. The third kappa shape index (κ3) is 4.22. The Labute approximate surface area is 162 Å². The van der Waals surface area contributed by atoms with E-state index in [0.717, 1.165) is 6.33 Å². The van der Waals surface area contributed by atoms with Crippen LogP contribution < -0.4 is 10.2 Å². The van der Waals surface area contributed by atoms with Gasteiger partial charge in [0.25, 0.3) is 0 Å². The fourth-order valence-corrected chi connectivity index (χ4v) is 2.89. The van der Waals surface area contributed by atoms with Crippen molar-refractivity contribution in [2.75, 3.05) is 43.4 Å². The highest BCUT2D eigenvalue weighted by Gasteiger charge is 2.32. The fraction of sp³-hybridized carbons (Fsp3) is 0.400. The largest absolute Gasteiger partial charge is 0.417 e. The van der Waals surface area contributed by atoms with Crippen molar-refractivity contribution in [1.82, 2.24) is 19.9 Å². The van der Waals surface area contributed by atoms with Gasteiger partial charge in [0.15, 0.2) is 5.82 Å². The van der Waals surface area contributed by atoms with Gasteiger partial charge in [-0.1, -0.05) is 11.6 Å². The summed E-state index contributed by atoms with van der Waals surface area (Å²) in [6.45, 7) is 2.48. The average molecular weight is 418 g/mol. The van der Waals surface area contributed by atoms with E-state index in [2.05, 4.69) is 25.2 Å². The molecule has 3 rings (SSSR count). The van der Waals surface area contributed by atoms with Crippen molar-refractivity contribution >= 4 is 34.7 Å². The molecule has 28 heavy (non-hydrogen) atoms. The van der Waals surface area contributed by atoms with Crippen molar-refractivity contribution in [2.24, 2.45) is 0 Å². The SMILES string of the molecule is CN1CCN(c2ncnc(Nc3ncc(C(F)(F)F)cc3Cl)c2[N+](=O)[O-])CC1. The van der Waals surface area contributed by atoms with Crippen LogP contribution >= 0.6 is 11.6 Å². The van der Waals surface area contributed by atoms with Crippen molar-refractivity contribution in [3.05, 3.63) is 39.3 Å². The maximum Gasteiger partial charge on any atom is 0.417 e. The van der Waals surface area contributed by atoms with E-state index in [-0.39, 0.29) is 22.5 Å². The van der Waals surface area contributed by atoms with Gasteiger partial charge in [0.2, 0.25) is 11.6 Å². The number of alkyl halides is 3. The second kappa shape index (κ2) is 7.72. The van der Waals surface area contributed by atoms with E-state index < -0.39 is 22.4 Å². The van der Waals surface area contributed by atoms with Gasteiger partial charge in [-0.2, -0.15) is 13.2 Å². The summed E-state index contributed by atoms with van der Waals surface area (Å²) in [7, 11) is 1.94. The lowest BCUT2D eigenvalue weighted by atomic mass is 10.2. The number of rotatable bonds is 4. The number of halogens is 4. The van der Waals surface area contributed by atoms with E-state index in [9.17, 15) is 23.3 Å².